The van der Waals surface area contributed by atoms with Crippen molar-refractivity contribution in [3.05, 3.63) is 0 Å². The number of Topliss-reactive ketones (excluding diaryl/α,β-unsaturated/α-hetero) is 1. The first kappa shape index (κ1) is 16.1. The van der Waals surface area contributed by atoms with E-state index in [-0.39, 0.29) is 11.3 Å². The number of ketones is 1. The Morgan fingerprint density at radius 2 is 1.47 bits per heavy atom. The second-order valence-electron chi connectivity index (χ2n) is 5.35. The second kappa shape index (κ2) is 6.12. The van der Waals surface area contributed by atoms with Crippen molar-refractivity contribution in [2.75, 3.05) is 13.1 Å². The number of carbonyl (C=O) groups is 1. The fourth-order valence-electron chi connectivity index (χ4n) is 1.13. The first-order valence-electron chi connectivity index (χ1n) is 5.83. The molecule has 0 saturated carbocycles. The van der Waals surface area contributed by atoms with E-state index in [1.54, 1.807) is 13.8 Å². The van der Waals surface area contributed by atoms with Crippen molar-refractivity contribution in [3.63, 3.8) is 0 Å². The molecule has 0 aliphatic heterocycles. The Morgan fingerprint density at radius 1 is 1.06 bits per heavy atom. The lowest BCUT2D eigenvalue weighted by Crippen LogP contribution is -2.52. The molecule has 5 heteroatoms. The van der Waals surface area contributed by atoms with Crippen LogP contribution in [0, 0.1) is 0 Å². The van der Waals surface area contributed by atoms with Gasteiger partial charge in [-0.25, -0.2) is 0 Å². The topological polar surface area (TPSA) is 73.7 Å². The first-order valence-corrected chi connectivity index (χ1v) is 5.83. The molecule has 0 radical (unpaired) electrons. The molecule has 0 aromatic carbocycles. The van der Waals surface area contributed by atoms with Gasteiger partial charge in [0.15, 0.2) is 0 Å². The minimum atomic E-state index is -0.494. The Balaban J connectivity index is 4.06. The van der Waals surface area contributed by atoms with Crippen molar-refractivity contribution in [3.8, 4) is 0 Å². The lowest BCUT2D eigenvalue weighted by Gasteiger charge is -2.27. The van der Waals surface area contributed by atoms with Gasteiger partial charge in [0.05, 0.1) is 16.8 Å². The molecule has 0 bridgehead atoms. The SMILES string of the molecule is CC(=O)C(C)(C)NCCNC(C)(C)C(C)=NO. The smallest absolute Gasteiger partial charge is 0.149 e. The maximum Gasteiger partial charge on any atom is 0.149 e. The molecule has 0 unspecified atom stereocenters. The Bertz CT molecular complexity index is 296. The van der Waals surface area contributed by atoms with Crippen LogP contribution >= 0.6 is 0 Å². The van der Waals surface area contributed by atoms with Crippen LogP contribution in [0.5, 0.6) is 0 Å². The van der Waals surface area contributed by atoms with Crippen LogP contribution in [0.2, 0.25) is 0 Å². The molecule has 0 aromatic heterocycles. The van der Waals surface area contributed by atoms with Crippen molar-refractivity contribution in [1.29, 1.82) is 0 Å². The summed E-state index contributed by atoms with van der Waals surface area (Å²) in [6, 6.07) is 0. The molecule has 0 rings (SSSR count). The van der Waals surface area contributed by atoms with E-state index in [2.05, 4.69) is 15.8 Å². The fourth-order valence-corrected chi connectivity index (χ4v) is 1.13. The largest absolute Gasteiger partial charge is 0.411 e. The number of oxime groups is 1. The van der Waals surface area contributed by atoms with Crippen LogP contribution in [-0.4, -0.2) is 40.9 Å². The van der Waals surface area contributed by atoms with E-state index in [4.69, 9.17) is 5.21 Å². The van der Waals surface area contributed by atoms with Gasteiger partial charge in [-0.2, -0.15) is 0 Å². The summed E-state index contributed by atoms with van der Waals surface area (Å²) in [5, 5.41) is 18.3. The summed E-state index contributed by atoms with van der Waals surface area (Å²) in [6.07, 6.45) is 0. The van der Waals surface area contributed by atoms with Gasteiger partial charge in [-0.15, -0.1) is 0 Å². The van der Waals surface area contributed by atoms with Crippen LogP contribution in [0.4, 0.5) is 0 Å². The Labute approximate surface area is 104 Å². The molecular weight excluding hydrogens is 218 g/mol. The lowest BCUT2D eigenvalue weighted by atomic mass is 9.99. The minimum Gasteiger partial charge on any atom is -0.411 e. The van der Waals surface area contributed by atoms with Crippen molar-refractivity contribution in [1.82, 2.24) is 10.6 Å². The molecule has 0 amide bonds. The molecular formula is C12H25N3O2. The predicted octanol–water partition coefficient (Wildman–Crippen LogP) is 1.16. The maximum atomic E-state index is 11.3. The van der Waals surface area contributed by atoms with Gasteiger partial charge < -0.3 is 15.8 Å². The van der Waals surface area contributed by atoms with Gasteiger partial charge in [-0.05, 0) is 41.5 Å². The standard InChI is InChI=1S/C12H25N3O2/c1-9(15-17)11(3,4)13-7-8-14-12(5,6)10(2)16/h13-14,17H,7-8H2,1-6H3. The van der Waals surface area contributed by atoms with E-state index >= 15 is 0 Å². The first-order chi connectivity index (χ1) is 7.63. The van der Waals surface area contributed by atoms with Crippen LogP contribution < -0.4 is 10.6 Å². The van der Waals surface area contributed by atoms with Gasteiger partial charge in [-0.3, -0.25) is 4.79 Å². The van der Waals surface area contributed by atoms with Gasteiger partial charge in [0.2, 0.25) is 0 Å². The van der Waals surface area contributed by atoms with Crippen LogP contribution in [-0.2, 0) is 4.79 Å². The summed E-state index contributed by atoms with van der Waals surface area (Å²) in [7, 11) is 0. The molecule has 17 heavy (non-hydrogen) atoms. The summed E-state index contributed by atoms with van der Waals surface area (Å²) < 4.78 is 0. The average molecular weight is 243 g/mol. The second-order valence-corrected chi connectivity index (χ2v) is 5.35. The van der Waals surface area contributed by atoms with E-state index in [0.717, 1.165) is 0 Å². The molecule has 5 nitrogen and oxygen atoms in total. The fraction of sp³-hybridized carbons (Fsp3) is 0.833. The number of rotatable bonds is 7. The summed E-state index contributed by atoms with van der Waals surface area (Å²) in [4.78, 5) is 11.3. The third kappa shape index (κ3) is 5.28. The third-order valence-electron chi connectivity index (χ3n) is 3.19. The monoisotopic (exact) mass is 243 g/mol. The summed E-state index contributed by atoms with van der Waals surface area (Å²) in [5.74, 6) is 0.116. The van der Waals surface area contributed by atoms with Crippen LogP contribution in [0.15, 0.2) is 5.16 Å². The van der Waals surface area contributed by atoms with E-state index in [0.29, 0.717) is 18.8 Å². The van der Waals surface area contributed by atoms with Gasteiger partial charge in [-0.1, -0.05) is 5.16 Å². The normalized spacial score (nSPS) is 13.9. The molecule has 100 valence electrons. The van der Waals surface area contributed by atoms with Gasteiger partial charge >= 0.3 is 0 Å². The van der Waals surface area contributed by atoms with E-state index < -0.39 is 5.54 Å². The van der Waals surface area contributed by atoms with Gasteiger partial charge in [0, 0.05) is 13.1 Å². The van der Waals surface area contributed by atoms with Crippen LogP contribution in [0.3, 0.4) is 0 Å². The van der Waals surface area contributed by atoms with E-state index in [1.807, 2.05) is 27.7 Å². The Morgan fingerprint density at radius 3 is 1.82 bits per heavy atom. The summed E-state index contributed by atoms with van der Waals surface area (Å²) >= 11 is 0. The van der Waals surface area contributed by atoms with Crippen LogP contribution in [0.25, 0.3) is 0 Å². The number of nitrogens with one attached hydrogen (secondary N) is 2. The molecule has 0 aliphatic carbocycles. The Kier molecular flexibility index (Phi) is 5.78. The molecule has 3 N–H and O–H groups in total. The van der Waals surface area contributed by atoms with Crippen LogP contribution in [0.1, 0.15) is 41.5 Å². The highest BCUT2D eigenvalue weighted by Crippen LogP contribution is 2.05. The minimum absolute atomic E-state index is 0.116. The maximum absolute atomic E-state index is 11.3. The molecule has 0 aromatic rings. The number of nitrogens with zero attached hydrogens (tertiary/aromatic N) is 1. The zero-order valence-electron chi connectivity index (χ0n) is 11.7. The van der Waals surface area contributed by atoms with E-state index in [9.17, 15) is 4.79 Å². The van der Waals surface area contributed by atoms with E-state index in [1.165, 1.54) is 0 Å². The summed E-state index contributed by atoms with van der Waals surface area (Å²) in [6.45, 7) is 12.3. The molecule has 0 fully saturated rings. The number of hydrogen-bond donors (Lipinski definition) is 3. The van der Waals surface area contributed by atoms with Gasteiger partial charge in [0.25, 0.3) is 0 Å². The molecule has 0 spiro atoms. The van der Waals surface area contributed by atoms with Crippen molar-refractivity contribution >= 4 is 11.5 Å². The highest BCUT2D eigenvalue weighted by molar-refractivity contribution is 5.90. The number of hydrogen-bond acceptors (Lipinski definition) is 5. The summed E-state index contributed by atoms with van der Waals surface area (Å²) in [5.41, 5.74) is -0.216. The predicted molar refractivity (Wildman–Crippen MR) is 69.7 cm³/mol. The zero-order chi connectivity index (χ0) is 13.7. The average Bonchev–Trinajstić information content (AvgIpc) is 2.23. The third-order valence-corrected chi connectivity index (χ3v) is 3.19. The molecule has 0 heterocycles. The van der Waals surface area contributed by atoms with Gasteiger partial charge in [0.1, 0.15) is 5.78 Å². The Hall–Kier alpha value is -0.940. The molecule has 0 saturated heterocycles. The quantitative estimate of drug-likeness (QED) is 0.271. The lowest BCUT2D eigenvalue weighted by molar-refractivity contribution is -0.122. The highest BCUT2D eigenvalue weighted by Gasteiger charge is 2.24. The zero-order valence-corrected chi connectivity index (χ0v) is 11.7. The van der Waals surface area contributed by atoms with Crippen molar-refractivity contribution in [2.45, 2.75) is 52.6 Å². The molecule has 0 aliphatic rings. The van der Waals surface area contributed by atoms with Crippen molar-refractivity contribution < 1.29 is 10.0 Å². The molecule has 0 atom stereocenters. The highest BCUT2D eigenvalue weighted by atomic mass is 16.4. The van der Waals surface area contributed by atoms with Crippen molar-refractivity contribution in [2.24, 2.45) is 5.16 Å². The number of carbonyl (C=O) groups excluding carboxylic acids is 1.